The monoisotopic (exact) mass is 489 g/mol. The number of halogens is 4. The summed E-state index contributed by atoms with van der Waals surface area (Å²) < 4.78 is 62.0. The summed E-state index contributed by atoms with van der Waals surface area (Å²) in [6.07, 6.45) is -3.30. The minimum absolute atomic E-state index is 0.197. The van der Waals surface area contributed by atoms with Crippen LogP contribution in [0, 0.1) is 5.82 Å². The predicted octanol–water partition coefficient (Wildman–Crippen LogP) is 4.63. The van der Waals surface area contributed by atoms with Gasteiger partial charge in [0.2, 0.25) is 0 Å². The van der Waals surface area contributed by atoms with Crippen molar-refractivity contribution in [1.82, 2.24) is 5.43 Å². The van der Waals surface area contributed by atoms with E-state index in [1.807, 2.05) is 0 Å². The first kappa shape index (κ1) is 25.2. The average Bonchev–Trinajstić information content (AvgIpc) is 2.84. The Bertz CT molecular complexity index is 1230. The molecule has 2 N–H and O–H groups in total. The number of ether oxygens (including phenoxy) is 2. The third-order valence-corrected chi connectivity index (χ3v) is 4.51. The fourth-order valence-electron chi connectivity index (χ4n) is 2.82. The molecule has 3 aromatic carbocycles. The molecule has 0 radical (unpaired) electrons. The van der Waals surface area contributed by atoms with E-state index in [4.69, 9.17) is 9.47 Å². The maximum Gasteiger partial charge on any atom is 0.416 e. The van der Waals surface area contributed by atoms with Crippen molar-refractivity contribution in [2.75, 3.05) is 19.0 Å². The summed E-state index contributed by atoms with van der Waals surface area (Å²) >= 11 is 0. The summed E-state index contributed by atoms with van der Waals surface area (Å²) in [7, 11) is 1.39. The van der Waals surface area contributed by atoms with E-state index in [2.05, 4.69) is 15.8 Å². The summed E-state index contributed by atoms with van der Waals surface area (Å²) in [5, 5.41) is 6.31. The van der Waals surface area contributed by atoms with Gasteiger partial charge in [-0.3, -0.25) is 9.59 Å². The molecule has 0 aliphatic carbocycles. The molecule has 0 saturated carbocycles. The Morgan fingerprint density at radius 2 is 1.74 bits per heavy atom. The Morgan fingerprint density at radius 3 is 2.43 bits per heavy atom. The summed E-state index contributed by atoms with van der Waals surface area (Å²) in [5.74, 6) is -1.18. The molecule has 0 saturated heterocycles. The van der Waals surface area contributed by atoms with Crippen molar-refractivity contribution in [2.45, 2.75) is 6.18 Å². The van der Waals surface area contributed by atoms with E-state index in [1.54, 1.807) is 6.07 Å². The third kappa shape index (κ3) is 7.29. The summed E-state index contributed by atoms with van der Waals surface area (Å²) in [5.41, 5.74) is 1.91. The van der Waals surface area contributed by atoms with Crippen LogP contribution in [0.15, 0.2) is 71.8 Å². The molecule has 0 aliphatic heterocycles. The maximum absolute atomic E-state index is 12.9. The van der Waals surface area contributed by atoms with Gasteiger partial charge < -0.3 is 14.8 Å². The van der Waals surface area contributed by atoms with Gasteiger partial charge in [-0.05, 0) is 66.2 Å². The number of carbonyl (C=O) groups is 2. The van der Waals surface area contributed by atoms with Crippen molar-refractivity contribution in [1.29, 1.82) is 0 Å². The summed E-state index contributed by atoms with van der Waals surface area (Å²) in [4.78, 5) is 24.1. The van der Waals surface area contributed by atoms with Crippen LogP contribution in [0.5, 0.6) is 11.5 Å². The molecule has 0 spiro atoms. The highest BCUT2D eigenvalue weighted by molar-refractivity contribution is 5.95. The van der Waals surface area contributed by atoms with Gasteiger partial charge in [-0.25, -0.2) is 9.82 Å². The number of nitrogens with one attached hydrogen (secondary N) is 2. The predicted molar refractivity (Wildman–Crippen MR) is 120 cm³/mol. The molecule has 2 amide bonds. The lowest BCUT2D eigenvalue weighted by molar-refractivity contribution is -0.137. The van der Waals surface area contributed by atoms with Gasteiger partial charge in [0.1, 0.15) is 5.82 Å². The van der Waals surface area contributed by atoms with Crippen LogP contribution in [0.1, 0.15) is 21.5 Å². The van der Waals surface area contributed by atoms with Gasteiger partial charge in [0.25, 0.3) is 11.8 Å². The summed E-state index contributed by atoms with van der Waals surface area (Å²) in [6.45, 7) is -0.339. The minimum Gasteiger partial charge on any atom is -0.493 e. The molecule has 3 aromatic rings. The van der Waals surface area contributed by atoms with Gasteiger partial charge in [-0.15, -0.1) is 0 Å². The Labute approximate surface area is 197 Å². The molecule has 0 aliphatic rings. The highest BCUT2D eigenvalue weighted by Crippen LogP contribution is 2.30. The molecule has 0 unspecified atom stereocenters. The zero-order valence-electron chi connectivity index (χ0n) is 18.2. The van der Waals surface area contributed by atoms with Crippen molar-refractivity contribution >= 4 is 23.7 Å². The average molecular weight is 489 g/mol. The first-order valence-corrected chi connectivity index (χ1v) is 10.0. The Balaban J connectivity index is 1.58. The van der Waals surface area contributed by atoms with Crippen LogP contribution >= 0.6 is 0 Å². The Kier molecular flexibility index (Phi) is 8.03. The Morgan fingerprint density at radius 1 is 1.00 bits per heavy atom. The smallest absolute Gasteiger partial charge is 0.416 e. The molecule has 182 valence electrons. The highest BCUT2D eigenvalue weighted by Gasteiger charge is 2.30. The molecular formula is C24H19F4N3O4. The number of nitrogens with zero attached hydrogens (tertiary/aromatic N) is 1. The SMILES string of the molecule is COc1cc(/C=N\NC(=O)c2cccc(C(F)(F)F)c2)ccc1OCC(=O)Nc1ccc(F)cc1. The topological polar surface area (TPSA) is 89.0 Å². The van der Waals surface area contributed by atoms with Crippen molar-refractivity contribution in [3.05, 3.63) is 89.2 Å². The van der Waals surface area contributed by atoms with E-state index in [-0.39, 0.29) is 23.7 Å². The second kappa shape index (κ2) is 11.1. The third-order valence-electron chi connectivity index (χ3n) is 4.51. The van der Waals surface area contributed by atoms with Crippen LogP contribution in [0.4, 0.5) is 23.2 Å². The van der Waals surface area contributed by atoms with Crippen molar-refractivity contribution in [3.8, 4) is 11.5 Å². The molecule has 0 atom stereocenters. The standard InChI is InChI=1S/C24H19F4N3O4/c1-34-21-11-15(13-29-31-23(33)16-3-2-4-17(12-16)24(26,27)28)5-10-20(21)35-14-22(32)30-19-8-6-18(25)7-9-19/h2-13H,14H2,1H3,(H,30,32)(H,31,33)/b29-13-. The van der Waals surface area contributed by atoms with E-state index in [1.165, 1.54) is 55.8 Å². The number of carbonyl (C=O) groups excluding carboxylic acids is 2. The van der Waals surface area contributed by atoms with E-state index in [0.29, 0.717) is 11.3 Å². The number of anilines is 1. The normalized spacial score (nSPS) is 11.2. The molecule has 35 heavy (non-hydrogen) atoms. The molecule has 3 rings (SSSR count). The largest absolute Gasteiger partial charge is 0.493 e. The van der Waals surface area contributed by atoms with Gasteiger partial charge in [0, 0.05) is 11.3 Å². The number of methoxy groups -OCH3 is 1. The van der Waals surface area contributed by atoms with E-state index < -0.39 is 29.4 Å². The second-order valence-electron chi connectivity index (χ2n) is 7.03. The van der Waals surface area contributed by atoms with E-state index in [9.17, 15) is 27.2 Å². The second-order valence-corrected chi connectivity index (χ2v) is 7.03. The molecule has 0 heterocycles. The number of benzene rings is 3. The van der Waals surface area contributed by atoms with E-state index in [0.717, 1.165) is 18.2 Å². The maximum atomic E-state index is 12.9. The van der Waals surface area contributed by atoms with Gasteiger partial charge in [-0.1, -0.05) is 6.07 Å². The molecule has 0 bridgehead atoms. The van der Waals surface area contributed by atoms with Crippen LogP contribution in [0.25, 0.3) is 0 Å². The van der Waals surface area contributed by atoms with Crippen LogP contribution in [-0.4, -0.2) is 31.7 Å². The number of hydrogen-bond acceptors (Lipinski definition) is 5. The van der Waals surface area contributed by atoms with Crippen molar-refractivity contribution in [3.63, 3.8) is 0 Å². The lowest BCUT2D eigenvalue weighted by atomic mass is 10.1. The lowest BCUT2D eigenvalue weighted by Crippen LogP contribution is -2.20. The first-order chi connectivity index (χ1) is 16.7. The number of amides is 2. The number of rotatable bonds is 8. The molecule has 0 fully saturated rings. The fourth-order valence-corrected chi connectivity index (χ4v) is 2.82. The first-order valence-electron chi connectivity index (χ1n) is 10.0. The van der Waals surface area contributed by atoms with Gasteiger partial charge in [-0.2, -0.15) is 18.3 Å². The lowest BCUT2D eigenvalue weighted by Gasteiger charge is -2.11. The Hall–Kier alpha value is -4.41. The molecule has 0 aromatic heterocycles. The van der Waals surface area contributed by atoms with Crippen LogP contribution in [0.3, 0.4) is 0 Å². The number of hydrogen-bond donors (Lipinski definition) is 2. The molecule has 7 nitrogen and oxygen atoms in total. The zero-order valence-corrected chi connectivity index (χ0v) is 18.2. The van der Waals surface area contributed by atoms with Crippen molar-refractivity contribution < 1.29 is 36.6 Å². The number of hydrazone groups is 1. The minimum atomic E-state index is -4.57. The van der Waals surface area contributed by atoms with Gasteiger partial charge in [0.05, 0.1) is 18.9 Å². The fraction of sp³-hybridized carbons (Fsp3) is 0.125. The molecule has 11 heteroatoms. The van der Waals surface area contributed by atoms with E-state index >= 15 is 0 Å². The van der Waals surface area contributed by atoms with Crippen molar-refractivity contribution in [2.24, 2.45) is 5.10 Å². The quantitative estimate of drug-likeness (QED) is 0.274. The van der Waals surface area contributed by atoms with Crippen LogP contribution in [0.2, 0.25) is 0 Å². The van der Waals surface area contributed by atoms with Gasteiger partial charge in [0.15, 0.2) is 18.1 Å². The van der Waals surface area contributed by atoms with Crippen LogP contribution < -0.4 is 20.2 Å². The zero-order chi connectivity index (χ0) is 25.4. The highest BCUT2D eigenvalue weighted by atomic mass is 19.4. The van der Waals surface area contributed by atoms with Crippen LogP contribution in [-0.2, 0) is 11.0 Å². The summed E-state index contributed by atoms with van der Waals surface area (Å²) in [6, 6.07) is 13.8. The number of alkyl halides is 3. The molecular weight excluding hydrogens is 470 g/mol. The van der Waals surface area contributed by atoms with Gasteiger partial charge >= 0.3 is 6.18 Å².